The van der Waals surface area contributed by atoms with E-state index in [1.54, 1.807) is 30.3 Å². The number of sulfonamides is 1. The topological polar surface area (TPSA) is 93.7 Å². The van der Waals surface area contributed by atoms with Gasteiger partial charge < -0.3 is 14.8 Å². The second-order valence-electron chi connectivity index (χ2n) is 6.16. The zero-order chi connectivity index (χ0) is 20.0. The second kappa shape index (κ2) is 8.88. The van der Waals surface area contributed by atoms with Crippen LogP contribution in [0.1, 0.15) is 25.3 Å². The Kier molecular flexibility index (Phi) is 6.81. The van der Waals surface area contributed by atoms with Crippen molar-refractivity contribution in [2.75, 3.05) is 26.1 Å². The smallest absolute Gasteiger partial charge is 0.241 e. The van der Waals surface area contributed by atoms with Gasteiger partial charge in [-0.3, -0.25) is 4.79 Å². The minimum Gasteiger partial charge on any atom is -0.497 e. The Hall–Kier alpha value is -2.58. The van der Waals surface area contributed by atoms with E-state index in [1.807, 2.05) is 13.8 Å². The molecule has 0 heterocycles. The molecule has 0 unspecified atom stereocenters. The summed E-state index contributed by atoms with van der Waals surface area (Å²) in [6, 6.07) is 11.5. The molecule has 2 aromatic rings. The van der Waals surface area contributed by atoms with Gasteiger partial charge in [0.2, 0.25) is 15.9 Å². The Morgan fingerprint density at radius 2 is 1.70 bits per heavy atom. The summed E-state index contributed by atoms with van der Waals surface area (Å²) in [7, 11) is -0.789. The maximum absolute atomic E-state index is 12.3. The van der Waals surface area contributed by atoms with Crippen LogP contribution < -0.4 is 19.5 Å². The van der Waals surface area contributed by atoms with Gasteiger partial charge in [-0.15, -0.1) is 0 Å². The lowest BCUT2D eigenvalue weighted by Crippen LogP contribution is -2.33. The van der Waals surface area contributed by atoms with Gasteiger partial charge in [-0.05, 0) is 35.7 Å². The molecule has 0 aromatic heterocycles. The Labute approximate surface area is 159 Å². The highest BCUT2D eigenvalue weighted by Gasteiger charge is 2.16. The standard InChI is InChI=1S/C19H24N2O5S/c1-13(2)14-5-8-16(9-6-14)27(23,24)20-12-19(22)21-17-10-7-15(25-3)11-18(17)26-4/h5-11,13,20H,12H2,1-4H3,(H,21,22). The number of amides is 1. The number of benzene rings is 2. The average molecular weight is 392 g/mol. The molecule has 0 saturated carbocycles. The van der Waals surface area contributed by atoms with Gasteiger partial charge in [0.1, 0.15) is 11.5 Å². The number of ether oxygens (including phenoxy) is 2. The first kappa shape index (κ1) is 20.7. The van der Waals surface area contributed by atoms with Crippen molar-refractivity contribution in [3.8, 4) is 11.5 Å². The van der Waals surface area contributed by atoms with Crippen molar-refractivity contribution in [3.63, 3.8) is 0 Å². The second-order valence-corrected chi connectivity index (χ2v) is 7.93. The molecule has 27 heavy (non-hydrogen) atoms. The number of methoxy groups -OCH3 is 2. The maximum Gasteiger partial charge on any atom is 0.241 e. The molecule has 2 rings (SSSR count). The quantitative estimate of drug-likeness (QED) is 0.720. The molecule has 0 spiro atoms. The number of carbonyl (C=O) groups excluding carboxylic acids is 1. The third-order valence-electron chi connectivity index (χ3n) is 3.96. The van der Waals surface area contributed by atoms with Gasteiger partial charge in [0.25, 0.3) is 0 Å². The van der Waals surface area contributed by atoms with E-state index in [1.165, 1.54) is 26.4 Å². The van der Waals surface area contributed by atoms with E-state index in [-0.39, 0.29) is 4.90 Å². The Balaban J connectivity index is 2.02. The van der Waals surface area contributed by atoms with Crippen LogP contribution in [0.15, 0.2) is 47.4 Å². The zero-order valence-corrected chi connectivity index (χ0v) is 16.6. The molecule has 0 radical (unpaired) electrons. The fourth-order valence-electron chi connectivity index (χ4n) is 2.37. The number of nitrogens with one attached hydrogen (secondary N) is 2. The van der Waals surface area contributed by atoms with E-state index in [2.05, 4.69) is 10.0 Å². The lowest BCUT2D eigenvalue weighted by Gasteiger charge is -2.12. The van der Waals surface area contributed by atoms with Gasteiger partial charge in [-0.2, -0.15) is 0 Å². The van der Waals surface area contributed by atoms with Gasteiger partial charge in [-0.25, -0.2) is 13.1 Å². The van der Waals surface area contributed by atoms with Crippen molar-refractivity contribution in [1.82, 2.24) is 4.72 Å². The van der Waals surface area contributed by atoms with Crippen molar-refractivity contribution in [2.24, 2.45) is 0 Å². The van der Waals surface area contributed by atoms with Crippen LogP contribution in [0.3, 0.4) is 0 Å². The number of rotatable bonds is 8. The van der Waals surface area contributed by atoms with Crippen molar-refractivity contribution in [2.45, 2.75) is 24.7 Å². The summed E-state index contributed by atoms with van der Waals surface area (Å²) < 4.78 is 37.3. The summed E-state index contributed by atoms with van der Waals surface area (Å²) in [6.07, 6.45) is 0. The van der Waals surface area contributed by atoms with Crippen LogP contribution in [-0.4, -0.2) is 35.1 Å². The van der Waals surface area contributed by atoms with E-state index in [9.17, 15) is 13.2 Å². The molecular formula is C19H24N2O5S. The molecule has 0 bridgehead atoms. The summed E-state index contributed by atoms with van der Waals surface area (Å²) in [5.41, 5.74) is 1.46. The monoisotopic (exact) mass is 392 g/mol. The summed E-state index contributed by atoms with van der Waals surface area (Å²) >= 11 is 0. The molecule has 0 saturated heterocycles. The molecule has 146 valence electrons. The molecular weight excluding hydrogens is 368 g/mol. The highest BCUT2D eigenvalue weighted by atomic mass is 32.2. The number of hydrogen-bond acceptors (Lipinski definition) is 5. The molecule has 0 aliphatic heterocycles. The molecule has 0 atom stereocenters. The minimum atomic E-state index is -3.78. The lowest BCUT2D eigenvalue weighted by molar-refractivity contribution is -0.115. The lowest BCUT2D eigenvalue weighted by atomic mass is 10.0. The molecule has 0 aliphatic rings. The van der Waals surface area contributed by atoms with E-state index >= 15 is 0 Å². The van der Waals surface area contributed by atoms with Gasteiger partial charge in [0.15, 0.2) is 0 Å². The first-order valence-electron chi connectivity index (χ1n) is 8.38. The Morgan fingerprint density at radius 1 is 1.04 bits per heavy atom. The molecule has 7 nitrogen and oxygen atoms in total. The normalized spacial score (nSPS) is 11.3. The zero-order valence-electron chi connectivity index (χ0n) is 15.8. The summed E-state index contributed by atoms with van der Waals surface area (Å²) in [4.78, 5) is 12.2. The van der Waals surface area contributed by atoms with Gasteiger partial charge in [0, 0.05) is 6.07 Å². The molecule has 2 N–H and O–H groups in total. The molecule has 0 aliphatic carbocycles. The molecule has 1 amide bonds. The summed E-state index contributed by atoms with van der Waals surface area (Å²) in [5, 5.41) is 2.61. The fraction of sp³-hybridized carbons (Fsp3) is 0.316. The summed E-state index contributed by atoms with van der Waals surface area (Å²) in [6.45, 7) is 3.66. The molecule has 2 aromatic carbocycles. The Morgan fingerprint density at radius 3 is 2.26 bits per heavy atom. The van der Waals surface area contributed by atoms with Crippen molar-refractivity contribution in [1.29, 1.82) is 0 Å². The van der Waals surface area contributed by atoms with Crippen LogP contribution in [0.5, 0.6) is 11.5 Å². The highest BCUT2D eigenvalue weighted by Crippen LogP contribution is 2.28. The predicted octanol–water partition coefficient (Wildman–Crippen LogP) is 2.74. The SMILES string of the molecule is COc1ccc(NC(=O)CNS(=O)(=O)c2ccc(C(C)C)cc2)c(OC)c1. The maximum atomic E-state index is 12.3. The van der Waals surface area contributed by atoms with Gasteiger partial charge in [-0.1, -0.05) is 26.0 Å². The van der Waals surface area contributed by atoms with Crippen molar-refractivity contribution in [3.05, 3.63) is 48.0 Å². The largest absolute Gasteiger partial charge is 0.497 e. The fourth-order valence-corrected chi connectivity index (χ4v) is 3.35. The summed E-state index contributed by atoms with van der Waals surface area (Å²) in [5.74, 6) is 0.783. The van der Waals surface area contributed by atoms with Crippen LogP contribution in [0.2, 0.25) is 0 Å². The number of anilines is 1. The number of carbonyl (C=O) groups is 1. The number of hydrogen-bond donors (Lipinski definition) is 2. The van der Waals surface area contributed by atoms with E-state index in [0.29, 0.717) is 23.1 Å². The Bertz CT molecular complexity index is 893. The van der Waals surface area contributed by atoms with Crippen LogP contribution in [0, 0.1) is 0 Å². The van der Waals surface area contributed by atoms with Gasteiger partial charge >= 0.3 is 0 Å². The third-order valence-corrected chi connectivity index (χ3v) is 5.38. The van der Waals surface area contributed by atoms with Crippen molar-refractivity contribution >= 4 is 21.6 Å². The van der Waals surface area contributed by atoms with Crippen LogP contribution in [-0.2, 0) is 14.8 Å². The predicted molar refractivity (Wildman–Crippen MR) is 104 cm³/mol. The molecule has 0 fully saturated rings. The van der Waals surface area contributed by atoms with Gasteiger partial charge in [0.05, 0.1) is 31.3 Å². The highest BCUT2D eigenvalue weighted by molar-refractivity contribution is 7.89. The van der Waals surface area contributed by atoms with Crippen molar-refractivity contribution < 1.29 is 22.7 Å². The van der Waals surface area contributed by atoms with E-state index in [4.69, 9.17) is 9.47 Å². The average Bonchev–Trinajstić information content (AvgIpc) is 2.66. The van der Waals surface area contributed by atoms with E-state index < -0.39 is 22.5 Å². The third kappa shape index (κ3) is 5.45. The van der Waals surface area contributed by atoms with Crippen LogP contribution >= 0.6 is 0 Å². The molecule has 8 heteroatoms. The van der Waals surface area contributed by atoms with E-state index in [0.717, 1.165) is 5.56 Å². The van der Waals surface area contributed by atoms with Crippen LogP contribution in [0.4, 0.5) is 5.69 Å². The first-order chi connectivity index (χ1) is 12.8. The van der Waals surface area contributed by atoms with Crippen LogP contribution in [0.25, 0.3) is 0 Å². The minimum absolute atomic E-state index is 0.113. The first-order valence-corrected chi connectivity index (χ1v) is 9.86.